The van der Waals surface area contributed by atoms with Crippen molar-refractivity contribution in [3.8, 4) is 0 Å². The Labute approximate surface area is 116 Å². The summed E-state index contributed by atoms with van der Waals surface area (Å²) in [7, 11) is 0. The van der Waals surface area contributed by atoms with Crippen LogP contribution in [0.25, 0.3) is 0 Å². The van der Waals surface area contributed by atoms with Crippen molar-refractivity contribution in [1.82, 2.24) is 4.90 Å². The lowest BCUT2D eigenvalue weighted by Crippen LogP contribution is -2.30. The van der Waals surface area contributed by atoms with E-state index < -0.39 is 0 Å². The second-order valence-corrected chi connectivity index (χ2v) is 5.20. The predicted octanol–water partition coefficient (Wildman–Crippen LogP) is 3.76. The fourth-order valence-electron chi connectivity index (χ4n) is 2.81. The minimum absolute atomic E-state index is 0. The maximum absolute atomic E-state index is 3.57. The number of hydrogen-bond acceptors (Lipinski definition) is 1. The number of fused-ring (bicyclic) bond motifs is 3. The van der Waals surface area contributed by atoms with E-state index in [0.717, 1.165) is 6.04 Å². The van der Waals surface area contributed by atoms with Crippen molar-refractivity contribution in [2.75, 3.05) is 13.1 Å². The number of benzene rings is 1. The van der Waals surface area contributed by atoms with Crippen LogP contribution in [0.5, 0.6) is 0 Å². The summed E-state index contributed by atoms with van der Waals surface area (Å²) in [6.07, 6.45) is 3.96. The van der Waals surface area contributed by atoms with E-state index in [1.807, 2.05) is 0 Å². The molecule has 0 aliphatic carbocycles. The average Bonchev–Trinajstić information content (AvgIpc) is 2.65. The molecule has 2 aliphatic heterocycles. The molecule has 2 heterocycles. The van der Waals surface area contributed by atoms with Gasteiger partial charge in [-0.05, 0) is 49.1 Å². The van der Waals surface area contributed by atoms with Gasteiger partial charge in [0.1, 0.15) is 0 Å². The quantitative estimate of drug-likeness (QED) is 0.620. The molecule has 0 aromatic heterocycles. The fourth-order valence-corrected chi connectivity index (χ4v) is 3.19. The summed E-state index contributed by atoms with van der Waals surface area (Å²) >= 11 is 3.57. The molecule has 82 valence electrons. The average molecular weight is 380 g/mol. The van der Waals surface area contributed by atoms with Gasteiger partial charge in [-0.25, -0.2) is 0 Å². The first kappa shape index (κ1) is 11.9. The van der Waals surface area contributed by atoms with Crippen LogP contribution in [-0.2, 0) is 6.42 Å². The first-order valence-electron chi connectivity index (χ1n) is 5.37. The van der Waals surface area contributed by atoms with Crippen molar-refractivity contribution in [3.63, 3.8) is 0 Å². The monoisotopic (exact) mass is 379 g/mol. The molecule has 1 fully saturated rings. The molecule has 3 rings (SSSR count). The predicted molar refractivity (Wildman–Crippen MR) is 76.8 cm³/mol. The Morgan fingerprint density at radius 2 is 2.13 bits per heavy atom. The van der Waals surface area contributed by atoms with Gasteiger partial charge in [0, 0.05) is 17.1 Å². The van der Waals surface area contributed by atoms with Crippen LogP contribution in [0, 0.1) is 0 Å². The molecule has 15 heavy (non-hydrogen) atoms. The van der Waals surface area contributed by atoms with E-state index in [1.54, 1.807) is 11.1 Å². The van der Waals surface area contributed by atoms with Gasteiger partial charge in [0.25, 0.3) is 0 Å². The largest absolute Gasteiger partial charge is 0.296 e. The van der Waals surface area contributed by atoms with Crippen LogP contribution in [-0.4, -0.2) is 18.0 Å². The summed E-state index contributed by atoms with van der Waals surface area (Å²) in [5, 5.41) is 0. The first-order chi connectivity index (χ1) is 6.84. The molecule has 0 amide bonds. The first-order valence-corrected chi connectivity index (χ1v) is 6.16. The van der Waals surface area contributed by atoms with Crippen molar-refractivity contribution in [1.29, 1.82) is 0 Å². The van der Waals surface area contributed by atoms with Crippen LogP contribution in [0.3, 0.4) is 0 Å². The molecule has 1 aromatic rings. The van der Waals surface area contributed by atoms with Crippen LogP contribution in [0.4, 0.5) is 0 Å². The molecule has 1 atom stereocenters. The van der Waals surface area contributed by atoms with Crippen molar-refractivity contribution >= 4 is 39.9 Å². The highest BCUT2D eigenvalue weighted by Crippen LogP contribution is 2.38. The van der Waals surface area contributed by atoms with E-state index in [1.165, 1.54) is 36.8 Å². The van der Waals surface area contributed by atoms with Gasteiger partial charge in [-0.15, -0.1) is 24.0 Å². The van der Waals surface area contributed by atoms with Gasteiger partial charge >= 0.3 is 0 Å². The summed E-state index contributed by atoms with van der Waals surface area (Å²) in [5.41, 5.74) is 3.14. The standard InChI is InChI=1S/C12H14BrN.HI/c13-10-4-3-9-5-7-14-6-1-2-12(14)11(9)8-10;/h3-4,8,12H,1-2,5-7H2;1H. The van der Waals surface area contributed by atoms with E-state index in [0.29, 0.717) is 0 Å². The zero-order chi connectivity index (χ0) is 9.54. The highest BCUT2D eigenvalue weighted by atomic mass is 127. The lowest BCUT2D eigenvalue weighted by Gasteiger charge is -2.31. The van der Waals surface area contributed by atoms with Crippen LogP contribution in [0.2, 0.25) is 0 Å². The molecule has 3 heteroatoms. The minimum atomic E-state index is 0. The molecule has 1 aromatic carbocycles. The molecular weight excluding hydrogens is 365 g/mol. The third-order valence-corrected chi connectivity index (χ3v) is 3.99. The van der Waals surface area contributed by atoms with E-state index in [-0.39, 0.29) is 24.0 Å². The van der Waals surface area contributed by atoms with E-state index in [4.69, 9.17) is 0 Å². The Hall–Kier alpha value is 0.390. The highest BCUT2D eigenvalue weighted by molar-refractivity contribution is 14.0. The van der Waals surface area contributed by atoms with Gasteiger partial charge in [-0.2, -0.15) is 0 Å². The van der Waals surface area contributed by atoms with Crippen molar-refractivity contribution in [3.05, 3.63) is 33.8 Å². The van der Waals surface area contributed by atoms with Gasteiger partial charge < -0.3 is 0 Å². The molecule has 0 bridgehead atoms. The Balaban J connectivity index is 0.000000853. The van der Waals surface area contributed by atoms with E-state index in [9.17, 15) is 0 Å². The van der Waals surface area contributed by atoms with Crippen LogP contribution in [0.1, 0.15) is 30.0 Å². The lowest BCUT2D eigenvalue weighted by molar-refractivity contribution is 0.244. The van der Waals surface area contributed by atoms with Crippen LogP contribution >= 0.6 is 39.9 Å². The lowest BCUT2D eigenvalue weighted by atomic mass is 9.93. The fraction of sp³-hybridized carbons (Fsp3) is 0.500. The molecule has 1 nitrogen and oxygen atoms in total. The number of hydrogen-bond donors (Lipinski definition) is 0. The van der Waals surface area contributed by atoms with Crippen molar-refractivity contribution < 1.29 is 0 Å². The molecule has 0 saturated carbocycles. The van der Waals surface area contributed by atoms with Crippen LogP contribution < -0.4 is 0 Å². The maximum Gasteiger partial charge on any atom is 0.0351 e. The molecule has 0 N–H and O–H groups in total. The summed E-state index contributed by atoms with van der Waals surface area (Å²) < 4.78 is 1.23. The summed E-state index contributed by atoms with van der Waals surface area (Å²) in [6, 6.07) is 7.49. The minimum Gasteiger partial charge on any atom is -0.296 e. The molecular formula is C12H15BrIN. The molecule has 2 aliphatic rings. The Bertz CT molecular complexity index is 367. The van der Waals surface area contributed by atoms with Gasteiger partial charge in [0.2, 0.25) is 0 Å². The maximum atomic E-state index is 3.57. The van der Waals surface area contributed by atoms with Crippen LogP contribution in [0.15, 0.2) is 22.7 Å². The normalized spacial score (nSPS) is 24.2. The molecule has 0 spiro atoms. The SMILES string of the molecule is Brc1ccc2c(c1)C1CCCN1CC2.I. The Kier molecular flexibility index (Phi) is 3.73. The summed E-state index contributed by atoms with van der Waals surface area (Å²) in [4.78, 5) is 2.63. The van der Waals surface area contributed by atoms with Gasteiger partial charge in [-0.1, -0.05) is 22.0 Å². The summed E-state index contributed by atoms with van der Waals surface area (Å²) in [5.74, 6) is 0. The third kappa shape index (κ3) is 2.11. The van der Waals surface area contributed by atoms with Gasteiger partial charge in [0.05, 0.1) is 0 Å². The Morgan fingerprint density at radius 1 is 1.27 bits per heavy atom. The highest BCUT2D eigenvalue weighted by Gasteiger charge is 2.30. The van der Waals surface area contributed by atoms with E-state index >= 15 is 0 Å². The second-order valence-electron chi connectivity index (χ2n) is 4.29. The molecule has 0 radical (unpaired) electrons. The molecule has 1 unspecified atom stereocenters. The van der Waals surface area contributed by atoms with Crippen molar-refractivity contribution in [2.45, 2.75) is 25.3 Å². The Morgan fingerprint density at radius 3 is 3.00 bits per heavy atom. The topological polar surface area (TPSA) is 3.24 Å². The number of rotatable bonds is 0. The number of halogens is 2. The van der Waals surface area contributed by atoms with Crippen molar-refractivity contribution in [2.24, 2.45) is 0 Å². The zero-order valence-corrected chi connectivity index (χ0v) is 12.5. The van der Waals surface area contributed by atoms with E-state index in [2.05, 4.69) is 39.0 Å². The second kappa shape index (κ2) is 4.72. The molecule has 1 saturated heterocycles. The smallest absolute Gasteiger partial charge is 0.0351 e. The third-order valence-electron chi connectivity index (χ3n) is 3.50. The van der Waals surface area contributed by atoms with Gasteiger partial charge in [-0.3, -0.25) is 4.90 Å². The zero-order valence-electron chi connectivity index (χ0n) is 8.58. The number of nitrogens with zero attached hydrogens (tertiary/aromatic N) is 1. The van der Waals surface area contributed by atoms with Gasteiger partial charge in [0.15, 0.2) is 0 Å². The summed E-state index contributed by atoms with van der Waals surface area (Å²) in [6.45, 7) is 2.57.